The van der Waals surface area contributed by atoms with Gasteiger partial charge in [-0.3, -0.25) is 4.79 Å². The lowest BCUT2D eigenvalue weighted by Gasteiger charge is -2.15. The van der Waals surface area contributed by atoms with Gasteiger partial charge in [0, 0.05) is 36.1 Å². The number of hydrogen-bond donors (Lipinski definition) is 0. The van der Waals surface area contributed by atoms with Gasteiger partial charge in [0.15, 0.2) is 0 Å². The zero-order valence-electron chi connectivity index (χ0n) is 9.19. The molecule has 0 spiro atoms. The van der Waals surface area contributed by atoms with Crippen LogP contribution in [0.25, 0.3) is 0 Å². The van der Waals surface area contributed by atoms with Gasteiger partial charge in [0.2, 0.25) is 15.0 Å². The summed E-state index contributed by atoms with van der Waals surface area (Å²) in [5, 5.41) is 0. The molecular weight excluding hydrogens is 270 g/mol. The number of rotatable bonds is 6. The number of likely N-dealkylation sites (tertiary alicyclic amines) is 1. The van der Waals surface area contributed by atoms with Crippen LogP contribution in [-0.2, 0) is 13.8 Å². The number of carbonyl (C=O) groups excluding carboxylic acids is 1. The molecule has 0 aromatic carbocycles. The van der Waals surface area contributed by atoms with Crippen molar-refractivity contribution in [2.24, 2.45) is 5.92 Å². The van der Waals surface area contributed by atoms with Crippen molar-refractivity contribution in [3.05, 3.63) is 0 Å². The summed E-state index contributed by atoms with van der Waals surface area (Å²) < 4.78 is 21.8. The zero-order chi connectivity index (χ0) is 12.2. The van der Waals surface area contributed by atoms with Gasteiger partial charge in [-0.15, -0.1) is 0 Å². The second-order valence-corrected chi connectivity index (χ2v) is 7.77. The van der Waals surface area contributed by atoms with Gasteiger partial charge < -0.3 is 4.90 Å². The molecule has 94 valence electrons. The fourth-order valence-electron chi connectivity index (χ4n) is 1.86. The van der Waals surface area contributed by atoms with E-state index in [-0.39, 0.29) is 17.6 Å². The molecule has 16 heavy (non-hydrogen) atoms. The average molecular weight is 286 g/mol. The van der Waals surface area contributed by atoms with Crippen LogP contribution in [0.15, 0.2) is 0 Å². The van der Waals surface area contributed by atoms with Gasteiger partial charge in [-0.1, -0.05) is 0 Å². The Balaban J connectivity index is 2.38. The normalized spacial score (nSPS) is 21.8. The van der Waals surface area contributed by atoms with Gasteiger partial charge in [0.1, 0.15) is 0 Å². The highest BCUT2D eigenvalue weighted by molar-refractivity contribution is 8.13. The second kappa shape index (κ2) is 6.12. The molecule has 0 N–H and O–H groups in total. The minimum absolute atomic E-state index is 0.0476. The van der Waals surface area contributed by atoms with E-state index in [4.69, 9.17) is 10.7 Å². The van der Waals surface area contributed by atoms with Crippen LogP contribution in [0.1, 0.15) is 12.8 Å². The quantitative estimate of drug-likeness (QED) is 0.543. The van der Waals surface area contributed by atoms with Crippen LogP contribution in [0.2, 0.25) is 0 Å². The van der Waals surface area contributed by atoms with Gasteiger partial charge in [0.05, 0.1) is 5.75 Å². The minimum atomic E-state index is -3.49. The molecule has 0 aromatic rings. The van der Waals surface area contributed by atoms with Crippen LogP contribution < -0.4 is 0 Å². The molecule has 0 aliphatic carbocycles. The third-order valence-electron chi connectivity index (χ3n) is 2.51. The average Bonchev–Trinajstić information content (AvgIpc) is 2.44. The molecule has 1 atom stereocenters. The van der Waals surface area contributed by atoms with E-state index in [0.29, 0.717) is 13.0 Å². The summed E-state index contributed by atoms with van der Waals surface area (Å²) in [4.78, 5) is 13.3. The van der Waals surface area contributed by atoms with Crippen LogP contribution in [0.5, 0.6) is 0 Å². The van der Waals surface area contributed by atoms with Crippen LogP contribution in [0.4, 0.5) is 0 Å². The summed E-state index contributed by atoms with van der Waals surface area (Å²) in [7, 11) is 1.68. The highest BCUT2D eigenvalue weighted by Crippen LogP contribution is 2.21. The number of carbonyl (C=O) groups is 1. The molecule has 0 aromatic heterocycles. The lowest BCUT2D eigenvalue weighted by molar-refractivity contribution is -0.127. The van der Waals surface area contributed by atoms with Gasteiger partial charge in [0.25, 0.3) is 0 Å². The van der Waals surface area contributed by atoms with Gasteiger partial charge in [-0.2, -0.15) is 11.8 Å². The number of thioether (sulfide) groups is 1. The standard InChI is InChI=1S/C9H16ClNO3S2/c1-15-4-2-3-11-6-8(5-9(11)12)7-16(10,13)14/h8H,2-7H2,1H3. The van der Waals surface area contributed by atoms with Crippen molar-refractivity contribution in [2.75, 3.05) is 30.9 Å². The molecule has 1 fully saturated rings. The molecule has 1 rings (SSSR count). The van der Waals surface area contributed by atoms with E-state index in [9.17, 15) is 13.2 Å². The molecule has 1 aliphatic heterocycles. The van der Waals surface area contributed by atoms with Gasteiger partial charge in [-0.05, 0) is 18.4 Å². The van der Waals surface area contributed by atoms with Crippen molar-refractivity contribution in [2.45, 2.75) is 12.8 Å². The maximum absolute atomic E-state index is 11.5. The summed E-state index contributed by atoms with van der Waals surface area (Å²) in [6, 6.07) is 0. The SMILES string of the molecule is CSCCCN1CC(CS(=O)(=O)Cl)CC1=O. The number of amides is 1. The number of nitrogens with zero attached hydrogens (tertiary/aromatic N) is 1. The monoisotopic (exact) mass is 285 g/mol. The van der Waals surface area contributed by atoms with Gasteiger partial charge in [-0.25, -0.2) is 8.42 Å². The Kier molecular flexibility index (Phi) is 5.40. The second-order valence-electron chi connectivity index (χ2n) is 3.96. The maximum Gasteiger partial charge on any atom is 0.232 e. The number of hydrogen-bond acceptors (Lipinski definition) is 4. The molecule has 0 radical (unpaired) electrons. The lowest BCUT2D eigenvalue weighted by atomic mass is 10.1. The van der Waals surface area contributed by atoms with Crippen molar-refractivity contribution < 1.29 is 13.2 Å². The Morgan fingerprint density at radius 2 is 2.25 bits per heavy atom. The Hall–Kier alpha value is 0.0600. The van der Waals surface area contributed by atoms with Crippen LogP contribution >= 0.6 is 22.4 Å². The zero-order valence-corrected chi connectivity index (χ0v) is 11.6. The predicted octanol–water partition coefficient (Wildman–Crippen LogP) is 1.16. The highest BCUT2D eigenvalue weighted by atomic mass is 35.7. The highest BCUT2D eigenvalue weighted by Gasteiger charge is 2.31. The summed E-state index contributed by atoms with van der Waals surface area (Å²) in [5.41, 5.74) is 0. The van der Waals surface area contributed by atoms with Crippen molar-refractivity contribution in [1.29, 1.82) is 0 Å². The predicted molar refractivity (Wildman–Crippen MR) is 67.3 cm³/mol. The molecular formula is C9H16ClNO3S2. The van der Waals surface area contributed by atoms with Crippen LogP contribution in [0.3, 0.4) is 0 Å². The maximum atomic E-state index is 11.5. The first kappa shape index (κ1) is 14.1. The Morgan fingerprint density at radius 3 is 2.81 bits per heavy atom. The van der Waals surface area contributed by atoms with E-state index in [1.165, 1.54) is 0 Å². The number of halogens is 1. The fraction of sp³-hybridized carbons (Fsp3) is 0.889. The molecule has 1 amide bonds. The lowest BCUT2D eigenvalue weighted by Crippen LogP contribution is -2.27. The smallest absolute Gasteiger partial charge is 0.232 e. The molecule has 0 saturated carbocycles. The third-order valence-corrected chi connectivity index (χ3v) is 4.45. The van der Waals surface area contributed by atoms with E-state index in [2.05, 4.69) is 0 Å². The van der Waals surface area contributed by atoms with E-state index < -0.39 is 9.05 Å². The fourth-order valence-corrected chi connectivity index (χ4v) is 3.60. The molecule has 1 heterocycles. The van der Waals surface area contributed by atoms with Crippen molar-refractivity contribution in [3.8, 4) is 0 Å². The summed E-state index contributed by atoms with van der Waals surface area (Å²) >= 11 is 1.74. The Morgan fingerprint density at radius 1 is 1.56 bits per heavy atom. The summed E-state index contributed by atoms with van der Waals surface area (Å²) in [6.07, 6.45) is 3.28. The molecule has 4 nitrogen and oxygen atoms in total. The third kappa shape index (κ3) is 4.93. The van der Waals surface area contributed by atoms with E-state index >= 15 is 0 Å². The van der Waals surface area contributed by atoms with Crippen molar-refractivity contribution in [3.63, 3.8) is 0 Å². The van der Waals surface area contributed by atoms with E-state index in [1.807, 2.05) is 6.26 Å². The van der Waals surface area contributed by atoms with Crippen LogP contribution in [-0.4, -0.2) is 50.1 Å². The first-order chi connectivity index (χ1) is 7.42. The van der Waals surface area contributed by atoms with E-state index in [0.717, 1.165) is 18.7 Å². The summed E-state index contributed by atoms with van der Waals surface area (Å²) in [5.74, 6) is 0.831. The topological polar surface area (TPSA) is 54.5 Å². The molecule has 0 bridgehead atoms. The summed E-state index contributed by atoms with van der Waals surface area (Å²) in [6.45, 7) is 1.25. The van der Waals surface area contributed by atoms with Gasteiger partial charge >= 0.3 is 0 Å². The Bertz CT molecular complexity index is 345. The molecule has 1 aliphatic rings. The minimum Gasteiger partial charge on any atom is -0.342 e. The van der Waals surface area contributed by atoms with Crippen molar-refractivity contribution >= 4 is 37.4 Å². The molecule has 1 unspecified atom stereocenters. The Labute approximate surface area is 105 Å². The molecule has 1 saturated heterocycles. The largest absolute Gasteiger partial charge is 0.342 e. The van der Waals surface area contributed by atoms with E-state index in [1.54, 1.807) is 16.7 Å². The first-order valence-electron chi connectivity index (χ1n) is 5.11. The first-order valence-corrected chi connectivity index (χ1v) is 8.98. The van der Waals surface area contributed by atoms with Crippen molar-refractivity contribution in [1.82, 2.24) is 4.90 Å². The van der Waals surface area contributed by atoms with Crippen LogP contribution in [0, 0.1) is 5.92 Å². The molecule has 7 heteroatoms.